The van der Waals surface area contributed by atoms with E-state index in [1.54, 1.807) is 11.3 Å². The number of thiophene rings is 1. The lowest BCUT2D eigenvalue weighted by Crippen LogP contribution is -2.19. The molecule has 0 fully saturated rings. The van der Waals surface area contributed by atoms with Gasteiger partial charge in [-0.05, 0) is 38.4 Å². The van der Waals surface area contributed by atoms with Crippen LogP contribution in [0.25, 0.3) is 0 Å². The van der Waals surface area contributed by atoms with Gasteiger partial charge in [-0.1, -0.05) is 25.4 Å². The number of halogens is 1. The van der Waals surface area contributed by atoms with Crippen LogP contribution < -0.4 is 5.32 Å². The number of nitrogens with zero attached hydrogens (tertiary/aromatic N) is 2. The van der Waals surface area contributed by atoms with Gasteiger partial charge >= 0.3 is 0 Å². The molecule has 20 heavy (non-hydrogen) atoms. The molecule has 2 aromatic heterocycles. The standard InChI is InChI=1S/C15H22ClN3S/c1-10(2)7-17-8-14-11(3)18-19(12(14)4)9-13-5-6-15(16)20-13/h5-6,10,17H,7-9H2,1-4H3. The Bertz CT molecular complexity index is 572. The van der Waals surface area contributed by atoms with E-state index in [1.807, 2.05) is 6.07 Å². The van der Waals surface area contributed by atoms with Crippen molar-refractivity contribution in [1.29, 1.82) is 0 Å². The third kappa shape index (κ3) is 3.84. The van der Waals surface area contributed by atoms with Gasteiger partial charge in [0.2, 0.25) is 0 Å². The molecule has 0 saturated heterocycles. The number of nitrogens with one attached hydrogen (secondary N) is 1. The Balaban J connectivity index is 2.08. The first-order chi connectivity index (χ1) is 9.47. The fourth-order valence-electron chi connectivity index (χ4n) is 2.21. The highest BCUT2D eigenvalue weighted by Gasteiger charge is 2.12. The molecule has 0 saturated carbocycles. The molecule has 2 aromatic rings. The molecule has 0 radical (unpaired) electrons. The lowest BCUT2D eigenvalue weighted by molar-refractivity contribution is 0.550. The van der Waals surface area contributed by atoms with Gasteiger partial charge in [0.05, 0.1) is 16.6 Å². The summed E-state index contributed by atoms with van der Waals surface area (Å²) >= 11 is 7.60. The fraction of sp³-hybridized carbons (Fsp3) is 0.533. The molecule has 2 heterocycles. The summed E-state index contributed by atoms with van der Waals surface area (Å²) in [4.78, 5) is 1.24. The third-order valence-corrected chi connectivity index (χ3v) is 4.54. The minimum atomic E-state index is 0.666. The van der Waals surface area contributed by atoms with Crippen LogP contribution in [0.2, 0.25) is 4.34 Å². The lowest BCUT2D eigenvalue weighted by Gasteiger charge is -2.08. The summed E-state index contributed by atoms with van der Waals surface area (Å²) in [6.07, 6.45) is 0. The molecule has 1 N–H and O–H groups in total. The number of aryl methyl sites for hydroxylation is 1. The van der Waals surface area contributed by atoms with E-state index in [0.29, 0.717) is 5.92 Å². The summed E-state index contributed by atoms with van der Waals surface area (Å²) in [6, 6.07) is 4.01. The van der Waals surface area contributed by atoms with Crippen molar-refractivity contribution in [3.8, 4) is 0 Å². The molecular weight excluding hydrogens is 290 g/mol. The third-order valence-electron chi connectivity index (χ3n) is 3.32. The topological polar surface area (TPSA) is 29.9 Å². The van der Waals surface area contributed by atoms with Gasteiger partial charge in [0.1, 0.15) is 0 Å². The first-order valence-corrected chi connectivity index (χ1v) is 8.14. The zero-order valence-corrected chi connectivity index (χ0v) is 14.1. The molecule has 0 unspecified atom stereocenters. The molecule has 0 amide bonds. The van der Waals surface area contributed by atoms with Gasteiger partial charge in [-0.3, -0.25) is 4.68 Å². The largest absolute Gasteiger partial charge is 0.312 e. The Morgan fingerprint density at radius 1 is 1.35 bits per heavy atom. The zero-order chi connectivity index (χ0) is 14.7. The summed E-state index contributed by atoms with van der Waals surface area (Å²) in [5, 5.41) is 8.14. The predicted molar refractivity (Wildman–Crippen MR) is 86.7 cm³/mol. The quantitative estimate of drug-likeness (QED) is 0.873. The minimum absolute atomic E-state index is 0.666. The van der Waals surface area contributed by atoms with Gasteiger partial charge in [0, 0.05) is 22.7 Å². The van der Waals surface area contributed by atoms with E-state index < -0.39 is 0 Å². The SMILES string of the molecule is Cc1nn(Cc2ccc(Cl)s2)c(C)c1CNCC(C)C. The Kier molecular flexibility index (Phi) is 5.24. The van der Waals surface area contributed by atoms with Gasteiger partial charge in [0.25, 0.3) is 0 Å². The normalized spacial score (nSPS) is 11.5. The molecule has 110 valence electrons. The highest BCUT2D eigenvalue weighted by atomic mass is 35.5. The van der Waals surface area contributed by atoms with Crippen molar-refractivity contribution >= 4 is 22.9 Å². The van der Waals surface area contributed by atoms with E-state index in [4.69, 9.17) is 11.6 Å². The maximum absolute atomic E-state index is 5.98. The van der Waals surface area contributed by atoms with Crippen molar-refractivity contribution in [3.63, 3.8) is 0 Å². The molecule has 0 aliphatic heterocycles. The van der Waals surface area contributed by atoms with Crippen LogP contribution in [-0.2, 0) is 13.1 Å². The molecular formula is C15H22ClN3S. The van der Waals surface area contributed by atoms with E-state index in [9.17, 15) is 0 Å². The molecule has 0 aromatic carbocycles. The number of rotatable bonds is 6. The smallest absolute Gasteiger partial charge is 0.0931 e. The molecule has 2 rings (SSSR count). The monoisotopic (exact) mass is 311 g/mol. The van der Waals surface area contributed by atoms with Crippen LogP contribution in [0.15, 0.2) is 12.1 Å². The molecule has 0 aliphatic carbocycles. The molecule has 3 nitrogen and oxygen atoms in total. The van der Waals surface area contributed by atoms with Crippen molar-refractivity contribution in [1.82, 2.24) is 15.1 Å². The molecule has 0 bridgehead atoms. The zero-order valence-electron chi connectivity index (χ0n) is 12.5. The second kappa shape index (κ2) is 6.74. The summed E-state index contributed by atoms with van der Waals surface area (Å²) in [5.74, 6) is 0.666. The summed E-state index contributed by atoms with van der Waals surface area (Å²) < 4.78 is 2.91. The second-order valence-corrected chi connectivity index (χ2v) is 7.34. The van der Waals surface area contributed by atoms with E-state index in [0.717, 1.165) is 29.7 Å². The fourth-order valence-corrected chi connectivity index (χ4v) is 3.28. The summed E-state index contributed by atoms with van der Waals surface area (Å²) in [5.41, 5.74) is 3.66. The average molecular weight is 312 g/mol. The average Bonchev–Trinajstić information content (AvgIpc) is 2.88. The Morgan fingerprint density at radius 3 is 2.70 bits per heavy atom. The molecule has 0 aliphatic rings. The van der Waals surface area contributed by atoms with Crippen molar-refractivity contribution in [3.05, 3.63) is 38.3 Å². The van der Waals surface area contributed by atoms with Gasteiger partial charge in [-0.2, -0.15) is 5.10 Å². The highest BCUT2D eigenvalue weighted by Crippen LogP contribution is 2.23. The van der Waals surface area contributed by atoms with Crippen LogP contribution in [0, 0.1) is 19.8 Å². The predicted octanol–water partition coefficient (Wildman–Crippen LogP) is 4.01. The van der Waals surface area contributed by atoms with E-state index >= 15 is 0 Å². The first-order valence-electron chi connectivity index (χ1n) is 6.95. The van der Waals surface area contributed by atoms with Gasteiger partial charge in [-0.15, -0.1) is 11.3 Å². The van der Waals surface area contributed by atoms with Crippen LogP contribution in [0.1, 0.15) is 35.7 Å². The minimum Gasteiger partial charge on any atom is -0.312 e. The Morgan fingerprint density at radius 2 is 2.10 bits per heavy atom. The maximum atomic E-state index is 5.98. The van der Waals surface area contributed by atoms with Gasteiger partial charge < -0.3 is 5.32 Å². The van der Waals surface area contributed by atoms with E-state index in [2.05, 4.69) is 48.9 Å². The van der Waals surface area contributed by atoms with Crippen molar-refractivity contribution in [2.24, 2.45) is 5.92 Å². The lowest BCUT2D eigenvalue weighted by atomic mass is 10.2. The first kappa shape index (κ1) is 15.5. The van der Waals surface area contributed by atoms with Crippen LogP contribution >= 0.6 is 22.9 Å². The van der Waals surface area contributed by atoms with Crippen molar-refractivity contribution in [2.75, 3.05) is 6.54 Å². The number of aromatic nitrogens is 2. The van der Waals surface area contributed by atoms with E-state index in [-0.39, 0.29) is 0 Å². The Hall–Kier alpha value is -0.840. The number of hydrogen-bond acceptors (Lipinski definition) is 3. The van der Waals surface area contributed by atoms with Crippen molar-refractivity contribution in [2.45, 2.75) is 40.8 Å². The van der Waals surface area contributed by atoms with Gasteiger partial charge in [0.15, 0.2) is 0 Å². The highest BCUT2D eigenvalue weighted by molar-refractivity contribution is 7.16. The molecule has 5 heteroatoms. The van der Waals surface area contributed by atoms with Crippen LogP contribution in [-0.4, -0.2) is 16.3 Å². The summed E-state index contributed by atoms with van der Waals surface area (Å²) in [7, 11) is 0. The second-order valence-electron chi connectivity index (χ2n) is 5.54. The van der Waals surface area contributed by atoms with Crippen LogP contribution in [0.3, 0.4) is 0 Å². The number of hydrogen-bond donors (Lipinski definition) is 1. The molecule has 0 spiro atoms. The van der Waals surface area contributed by atoms with Crippen LogP contribution in [0.5, 0.6) is 0 Å². The van der Waals surface area contributed by atoms with Gasteiger partial charge in [-0.25, -0.2) is 0 Å². The maximum Gasteiger partial charge on any atom is 0.0931 e. The van der Waals surface area contributed by atoms with E-state index in [1.165, 1.54) is 16.1 Å². The summed E-state index contributed by atoms with van der Waals surface area (Å²) in [6.45, 7) is 11.4. The Labute approximate surface area is 130 Å². The van der Waals surface area contributed by atoms with Crippen LogP contribution in [0.4, 0.5) is 0 Å². The van der Waals surface area contributed by atoms with Crippen molar-refractivity contribution < 1.29 is 0 Å². The molecule has 0 atom stereocenters.